The highest BCUT2D eigenvalue weighted by molar-refractivity contribution is 6.32. The number of hydrogen-bond donors (Lipinski definition) is 24. The molecule has 7 aromatic carbocycles. The van der Waals surface area contributed by atoms with Crippen molar-refractivity contribution in [2.24, 2.45) is 11.7 Å². The fourth-order valence-electron chi connectivity index (χ4n) is 16.9. The van der Waals surface area contributed by atoms with Crippen molar-refractivity contribution in [1.82, 2.24) is 42.5 Å². The van der Waals surface area contributed by atoms with Crippen molar-refractivity contribution in [3.8, 4) is 80.1 Å². The van der Waals surface area contributed by atoms with Crippen molar-refractivity contribution in [2.45, 2.75) is 219 Å². The number of aliphatic hydroxyl groups is 10. The van der Waals surface area contributed by atoms with E-state index in [1.54, 1.807) is 0 Å². The van der Waals surface area contributed by atoms with Gasteiger partial charge >= 0.3 is 5.97 Å². The van der Waals surface area contributed by atoms with Crippen LogP contribution in [0.15, 0.2) is 115 Å². The molecule has 0 saturated carbocycles. The van der Waals surface area contributed by atoms with Crippen molar-refractivity contribution in [1.29, 1.82) is 0 Å². The molecule has 42 nitrogen and oxygen atoms in total. The Kier molecular flexibility index (Phi) is 30.6. The van der Waals surface area contributed by atoms with Crippen LogP contribution in [0.3, 0.4) is 0 Å². The molecule has 3 fully saturated rings. The Morgan fingerprint density at radius 3 is 1.70 bits per heavy atom. The first kappa shape index (κ1) is 98.0. The van der Waals surface area contributed by atoms with Gasteiger partial charge in [0.15, 0.2) is 35.3 Å². The van der Waals surface area contributed by atoms with E-state index in [1.165, 1.54) is 36.4 Å². The molecule has 8 amide bonds. The number of carboxylic acid groups (broad SMARTS) is 1. The number of phenolic OH excluding ortho intramolecular Hbond substituents is 4. The van der Waals surface area contributed by atoms with E-state index in [2.05, 4.69) is 56.4 Å². The van der Waals surface area contributed by atoms with Gasteiger partial charge in [-0.2, -0.15) is 0 Å². The van der Waals surface area contributed by atoms with Gasteiger partial charge in [-0.1, -0.05) is 106 Å². The quantitative estimate of drug-likeness (QED) is 0.0456. The number of carbonyl (C=O) groups is 9. The molecule has 25 N–H and O–H groups in total. The summed E-state index contributed by atoms with van der Waals surface area (Å²) < 4.78 is 57.6. The standard InChI is InChI=1S/C90H101Cl2N9O33/c1-35(2)11-8-6-4-5-7-9-14-61(110)96-69-75(115)72(112)59(33-103)131-89(69)134-80-56-27-41-28-57(80)128-54-20-17-39(26-49(54)92)78(133-88-68(94-36(3)105)74(114)71(111)58(32-102)130-88)70-86(123)100-67(87(124)125)47-30-43(107)31-55(129-90-77(117)76(116)73(113)60(34-104)132-90)62(47)46-25-38(16-18-51(46)108)64(83(120)101-70)98-85(122)66(41)99-84(121)65-40-23-42(106)29-44(24-40)126-79-45(12-10-13-52(79)109)63(93)82(119)95-50(81(118)97-65)22-37-15-19-53(127-56)48(91)21-37/h10,12-13,15-21,23-31,35,50,58-60,63-78,88-90,102-104,106-109,111-117H,4-9,11,14,22,32-34,93H2,1-3H3,(H,94,105)(H,95,119)(H,96,110)(H,97,118)(H,98,122)(H,99,121)(H,100,123)(H,101,120)(H,124,125)/t50-,58+,59+,60+,63+,64-,65+,66+,67-,68+,69+,70-,71+,72+,73+,74-,75-,76+,77+,78+,88+,89+,90+/m1/s1. The van der Waals surface area contributed by atoms with Crippen LogP contribution in [0.1, 0.15) is 147 Å². The number of nitrogens with one attached hydrogen (secondary N) is 8. The van der Waals surface area contributed by atoms with E-state index in [0.29, 0.717) is 18.8 Å². The lowest BCUT2D eigenvalue weighted by Gasteiger charge is -2.44. The lowest BCUT2D eigenvalue weighted by Crippen LogP contribution is -2.65. The molecule has 9 heterocycles. The van der Waals surface area contributed by atoms with Gasteiger partial charge in [0.05, 0.1) is 29.9 Å². The van der Waals surface area contributed by atoms with E-state index in [0.717, 1.165) is 118 Å². The zero-order chi connectivity index (χ0) is 96.3. The van der Waals surface area contributed by atoms with Crippen LogP contribution in [0.2, 0.25) is 10.0 Å². The number of nitrogens with two attached hydrogens (primary N) is 1. The molecule has 9 aliphatic rings. The maximum Gasteiger partial charge on any atom is 0.330 e. The van der Waals surface area contributed by atoms with Crippen LogP contribution in [0.5, 0.6) is 69.0 Å². The van der Waals surface area contributed by atoms with E-state index < -0.39 is 327 Å². The molecule has 718 valence electrons. The van der Waals surface area contributed by atoms with Gasteiger partial charge in [0.1, 0.15) is 156 Å². The molecule has 44 heteroatoms. The molecule has 9 aliphatic heterocycles. The van der Waals surface area contributed by atoms with E-state index in [1.807, 2.05) is 0 Å². The minimum atomic E-state index is -2.59. The van der Waals surface area contributed by atoms with Crippen LogP contribution in [0, 0.1) is 5.92 Å². The van der Waals surface area contributed by atoms with E-state index >= 15 is 24.0 Å². The van der Waals surface area contributed by atoms with E-state index in [4.69, 9.17) is 71.6 Å². The number of carbonyl (C=O) groups excluding carboxylic acids is 8. The molecule has 0 unspecified atom stereocenters. The van der Waals surface area contributed by atoms with Crippen LogP contribution in [0.4, 0.5) is 0 Å². The highest BCUT2D eigenvalue weighted by Gasteiger charge is 2.52. The van der Waals surface area contributed by atoms with Crippen LogP contribution >= 0.6 is 23.2 Å². The second-order valence-electron chi connectivity index (χ2n) is 33.9. The second-order valence-corrected chi connectivity index (χ2v) is 34.7. The predicted molar refractivity (Wildman–Crippen MR) is 462 cm³/mol. The fourth-order valence-corrected chi connectivity index (χ4v) is 17.4. The maximum absolute atomic E-state index is 17.0. The summed E-state index contributed by atoms with van der Waals surface area (Å²) >= 11 is 14.7. The number of para-hydroxylation sites is 1. The molecule has 7 aromatic rings. The SMILES string of the molecule is CC(=O)N[C@@H]1[C@H](O[C@H]2c3ccc(c(Cl)c3)Oc3cc4cc(c3O[C@@H]3O[C@@H](CO)[C@H](O)[C@H](O)[C@@H]3NC(=O)CCCCCCCCC(C)C)Oc3ccc(cc3Cl)C[C@H]3NC(=O)[C@@H](N)c5cccc(O)c5Oc5cc(O)cc(c5)[C@H](NC3=O)C(=O)N[C@@H]4C(=O)N[C@H]3C(=O)N[C@H]2C(=O)N[C@@H](C(=O)O)c2cc(O)cc(O[C@H]4O[C@@H](CO)[C@H](O)[C@H](O)[C@@H]4O)c2-c2cc3ccc2O)O[C@@H](CO)[C@H](O)[C@@H]1O. The van der Waals surface area contributed by atoms with Crippen molar-refractivity contribution in [2.75, 3.05) is 19.8 Å². The van der Waals surface area contributed by atoms with Crippen LogP contribution in [-0.2, 0) is 68.5 Å². The number of benzene rings is 7. The van der Waals surface area contributed by atoms with Crippen molar-refractivity contribution >= 4 is 76.4 Å². The zero-order valence-electron chi connectivity index (χ0n) is 71.7. The Morgan fingerprint density at radius 2 is 1.07 bits per heavy atom. The summed E-state index contributed by atoms with van der Waals surface area (Å²) in [6, 6.07) is 0.719. The topological polar surface area (TPSA) is 662 Å². The summed E-state index contributed by atoms with van der Waals surface area (Å²) in [7, 11) is 0. The van der Waals surface area contributed by atoms with Gasteiger partial charge in [0, 0.05) is 54.2 Å². The van der Waals surface area contributed by atoms with Gasteiger partial charge in [-0.25, -0.2) is 4.79 Å². The lowest BCUT2D eigenvalue weighted by molar-refractivity contribution is -0.284. The van der Waals surface area contributed by atoms with Gasteiger partial charge in [0.25, 0.3) is 0 Å². The van der Waals surface area contributed by atoms with Gasteiger partial charge < -0.3 is 167 Å². The first-order valence-corrected chi connectivity index (χ1v) is 43.7. The molecular formula is C90H101Cl2N9O33. The molecule has 0 radical (unpaired) electrons. The molecule has 0 spiro atoms. The summed E-state index contributed by atoms with van der Waals surface area (Å²) in [6.07, 6.45) is -23.8. The van der Waals surface area contributed by atoms with E-state index in [-0.39, 0.29) is 28.3 Å². The van der Waals surface area contributed by atoms with Crippen molar-refractivity contribution < 1.29 is 162 Å². The van der Waals surface area contributed by atoms with Gasteiger partial charge in [0.2, 0.25) is 65.6 Å². The third-order valence-electron chi connectivity index (χ3n) is 23.9. The first-order chi connectivity index (χ1) is 63.9. The minimum Gasteiger partial charge on any atom is -0.508 e. The Morgan fingerprint density at radius 1 is 0.507 bits per heavy atom. The Hall–Kier alpha value is -12.0. The highest BCUT2D eigenvalue weighted by atomic mass is 35.5. The number of rotatable bonds is 21. The third-order valence-corrected chi connectivity index (χ3v) is 24.5. The fraction of sp³-hybridized carbons (Fsp3) is 0.433. The number of phenols is 4. The van der Waals surface area contributed by atoms with E-state index in [9.17, 15) is 95.8 Å². The number of aliphatic carboxylic acids is 1. The molecule has 3 saturated heterocycles. The number of carboxylic acids is 1. The summed E-state index contributed by atoms with van der Waals surface area (Å²) in [5.74, 6) is -19.3. The number of fused-ring (bicyclic) bond motifs is 13. The lowest BCUT2D eigenvalue weighted by atomic mass is 9.89. The van der Waals surface area contributed by atoms with Crippen LogP contribution in [0.25, 0.3) is 11.1 Å². The molecule has 16 rings (SSSR count). The summed E-state index contributed by atoms with van der Waals surface area (Å²) in [4.78, 5) is 139. The molecular weight excluding hydrogens is 1810 g/mol. The Labute approximate surface area is 772 Å². The summed E-state index contributed by atoms with van der Waals surface area (Å²) in [6.45, 7) is 2.09. The van der Waals surface area contributed by atoms with Crippen LogP contribution in [-0.4, -0.2) is 254 Å². The predicted octanol–water partition coefficient (Wildman–Crippen LogP) is 1.80. The number of hydrogen-bond acceptors (Lipinski definition) is 33. The molecule has 134 heavy (non-hydrogen) atoms. The van der Waals surface area contributed by atoms with Gasteiger partial charge in [-0.3, -0.25) is 38.4 Å². The average molecular weight is 1910 g/mol. The van der Waals surface area contributed by atoms with Gasteiger partial charge in [-0.15, -0.1) is 0 Å². The number of unbranched alkanes of at least 4 members (excludes halogenated alkanes) is 5. The smallest absolute Gasteiger partial charge is 0.330 e. The largest absolute Gasteiger partial charge is 0.508 e. The summed E-state index contributed by atoms with van der Waals surface area (Å²) in [5, 5.41) is 191. The highest BCUT2D eigenvalue weighted by Crippen LogP contribution is 2.51. The van der Waals surface area contributed by atoms with Crippen molar-refractivity contribution in [3.05, 3.63) is 164 Å². The first-order valence-electron chi connectivity index (χ1n) is 43.0. The molecule has 0 aromatic heterocycles. The maximum atomic E-state index is 17.0. The average Bonchev–Trinajstić information content (AvgIpc) is 0.850. The third kappa shape index (κ3) is 21.3. The number of aliphatic hydroxyl groups excluding tert-OH is 10. The van der Waals surface area contributed by atoms with Crippen molar-refractivity contribution in [3.63, 3.8) is 0 Å². The number of aromatic hydroxyl groups is 4. The molecule has 23 atom stereocenters. The number of ether oxygens (including phenoxy) is 9. The monoisotopic (exact) mass is 1910 g/mol. The molecule has 15 bridgehead atoms. The zero-order valence-corrected chi connectivity index (χ0v) is 73.2. The summed E-state index contributed by atoms with van der Waals surface area (Å²) in [5.41, 5.74) is 2.65. The Bertz CT molecular complexity index is 5600. The number of halogens is 2. The van der Waals surface area contributed by atoms with Crippen LogP contribution < -0.4 is 72.0 Å². The normalized spacial score (nSPS) is 28.6. The number of amides is 8. The second kappa shape index (κ2) is 41.8. The minimum absolute atomic E-state index is 0.139. The Balaban J connectivity index is 1.03. The molecule has 0 aliphatic carbocycles. The van der Waals surface area contributed by atoms with Gasteiger partial charge in [-0.05, 0) is 113 Å².